The van der Waals surface area contributed by atoms with Gasteiger partial charge in [0.25, 0.3) is 0 Å². The Kier molecular flexibility index (Phi) is 35.2. The summed E-state index contributed by atoms with van der Waals surface area (Å²) in [6, 6.07) is 0. The third-order valence-electron chi connectivity index (χ3n) is 9.88. The predicted octanol–water partition coefficient (Wildman–Crippen LogP) is 11.1. The summed E-state index contributed by atoms with van der Waals surface area (Å²) < 4.78 is 38.5. The summed E-state index contributed by atoms with van der Waals surface area (Å²) in [5, 5.41) is 18.4. The minimum atomic E-state index is -4.65. The number of unbranched alkanes of at least 4 members (excludes halogenated alkanes) is 16. The number of phosphoric acid groups is 1. The fourth-order valence-electron chi connectivity index (χ4n) is 6.25. The zero-order chi connectivity index (χ0) is 42.4. The van der Waals surface area contributed by atoms with Crippen LogP contribution < -0.4 is 0 Å². The smallest absolute Gasteiger partial charge is 0.462 e. The number of aliphatic hydroxyl groups excluding tert-OH is 2. The highest BCUT2D eigenvalue weighted by molar-refractivity contribution is 7.47. The molecule has 0 saturated carbocycles. The van der Waals surface area contributed by atoms with E-state index in [0.29, 0.717) is 19.3 Å². The van der Waals surface area contributed by atoms with Crippen molar-refractivity contribution >= 4 is 19.8 Å². The zero-order valence-corrected chi connectivity index (χ0v) is 37.1. The van der Waals surface area contributed by atoms with Crippen LogP contribution in [0.15, 0.2) is 48.6 Å². The van der Waals surface area contributed by atoms with Crippen LogP contribution in [0.2, 0.25) is 0 Å². The molecule has 12 heteroatoms. The molecule has 5 atom stereocenters. The van der Waals surface area contributed by atoms with Gasteiger partial charge in [-0.3, -0.25) is 18.6 Å². The second-order valence-electron chi connectivity index (χ2n) is 15.5. The fraction of sp³-hybridized carbons (Fsp3) is 0.783. The van der Waals surface area contributed by atoms with E-state index in [0.717, 1.165) is 51.4 Å². The molecule has 1 heterocycles. The van der Waals surface area contributed by atoms with Gasteiger partial charge in [-0.15, -0.1) is 0 Å². The maximum Gasteiger partial charge on any atom is 0.472 e. The Labute approximate surface area is 351 Å². The number of rotatable bonds is 41. The van der Waals surface area contributed by atoms with Crippen molar-refractivity contribution in [1.82, 2.24) is 0 Å². The van der Waals surface area contributed by atoms with Gasteiger partial charge in [0.05, 0.1) is 32.0 Å². The van der Waals surface area contributed by atoms with Crippen LogP contribution >= 0.6 is 7.82 Å². The minimum absolute atomic E-state index is 0.0874. The lowest BCUT2D eigenvalue weighted by molar-refractivity contribution is -0.161. The van der Waals surface area contributed by atoms with Crippen LogP contribution in [0.1, 0.15) is 181 Å². The highest BCUT2D eigenvalue weighted by atomic mass is 31.2. The van der Waals surface area contributed by atoms with E-state index in [1.807, 2.05) is 0 Å². The Morgan fingerprint density at radius 1 is 0.621 bits per heavy atom. The van der Waals surface area contributed by atoms with Gasteiger partial charge in [-0.1, -0.05) is 140 Å². The first-order valence-electron chi connectivity index (χ1n) is 22.7. The van der Waals surface area contributed by atoms with E-state index in [4.69, 9.17) is 28.4 Å². The Bertz CT molecular complexity index is 1170. The van der Waals surface area contributed by atoms with Gasteiger partial charge in [-0.25, -0.2) is 4.57 Å². The van der Waals surface area contributed by atoms with E-state index < -0.39 is 51.8 Å². The maximum atomic E-state index is 12.7. The lowest BCUT2D eigenvalue weighted by Crippen LogP contribution is -2.30. The number of epoxide rings is 1. The summed E-state index contributed by atoms with van der Waals surface area (Å²) in [6.07, 6.45) is 42.3. The molecular weight excluding hydrogens is 759 g/mol. The van der Waals surface area contributed by atoms with Gasteiger partial charge in [-0.05, 0) is 77.0 Å². The molecule has 0 aromatic rings. The molecule has 0 spiro atoms. The quantitative estimate of drug-likeness (QED) is 0.0177. The molecule has 1 saturated heterocycles. The van der Waals surface area contributed by atoms with E-state index in [9.17, 15) is 24.2 Å². The first kappa shape index (κ1) is 53.9. The molecule has 3 N–H and O–H groups in total. The number of phosphoric ester groups is 1. The molecule has 3 unspecified atom stereocenters. The van der Waals surface area contributed by atoms with Crippen LogP contribution in [0, 0.1) is 0 Å². The summed E-state index contributed by atoms with van der Waals surface area (Å²) in [5.74, 6) is -1.01. The van der Waals surface area contributed by atoms with Crippen molar-refractivity contribution in [2.24, 2.45) is 0 Å². The van der Waals surface area contributed by atoms with E-state index in [-0.39, 0.29) is 31.7 Å². The molecule has 0 amide bonds. The van der Waals surface area contributed by atoms with Gasteiger partial charge < -0.3 is 29.3 Å². The number of carbonyl (C=O) groups is 2. The second-order valence-corrected chi connectivity index (χ2v) is 16.9. The number of carbonyl (C=O) groups excluding carboxylic acids is 2. The zero-order valence-electron chi connectivity index (χ0n) is 36.2. The molecule has 0 aromatic heterocycles. The van der Waals surface area contributed by atoms with Crippen molar-refractivity contribution in [2.75, 3.05) is 26.4 Å². The summed E-state index contributed by atoms with van der Waals surface area (Å²) in [4.78, 5) is 35.1. The number of esters is 2. The average Bonchev–Trinajstić information content (AvgIpc) is 3.97. The molecule has 0 bridgehead atoms. The largest absolute Gasteiger partial charge is 0.472 e. The Balaban J connectivity index is 2.29. The van der Waals surface area contributed by atoms with Crippen molar-refractivity contribution < 1.29 is 52.5 Å². The fourth-order valence-corrected chi connectivity index (χ4v) is 7.04. The van der Waals surface area contributed by atoms with Crippen molar-refractivity contribution in [3.8, 4) is 0 Å². The van der Waals surface area contributed by atoms with Gasteiger partial charge in [0, 0.05) is 12.8 Å². The third-order valence-corrected chi connectivity index (χ3v) is 10.8. The highest BCUT2D eigenvalue weighted by Crippen LogP contribution is 2.43. The van der Waals surface area contributed by atoms with Gasteiger partial charge in [-0.2, -0.15) is 0 Å². The van der Waals surface area contributed by atoms with Crippen LogP contribution in [0.5, 0.6) is 0 Å². The van der Waals surface area contributed by atoms with Gasteiger partial charge >= 0.3 is 19.8 Å². The van der Waals surface area contributed by atoms with Gasteiger partial charge in [0.1, 0.15) is 12.7 Å². The standard InChI is InChI=1S/C46H81O11P/c1-3-5-7-9-11-13-15-17-18-19-20-21-23-25-27-29-31-35-45(49)53-39-42(40-55-58(51,52)54-38-41(48)37-47)56-46(50)36-32-34-44-43(57-44)33-30-28-26-24-22-16-14-12-10-8-6-4-2/h12,14,17-18,22,24,28,30,41-44,47-48H,3-11,13,15-16,19-21,23,25-27,29,31-40H2,1-2H3,(H,51,52)/b14-12-,18-17-,24-22-,30-28-/t41-,42+,43?,44?/m0/s1. The Hall–Kier alpha value is -2.11. The molecule has 0 aliphatic carbocycles. The molecule has 58 heavy (non-hydrogen) atoms. The number of aliphatic hydroxyl groups is 2. The molecule has 1 aliphatic heterocycles. The van der Waals surface area contributed by atoms with Crippen molar-refractivity contribution in [2.45, 2.75) is 205 Å². The van der Waals surface area contributed by atoms with Crippen LogP contribution in [-0.2, 0) is 37.4 Å². The summed E-state index contributed by atoms with van der Waals surface area (Å²) in [5.41, 5.74) is 0. The molecule has 0 aromatic carbocycles. The highest BCUT2D eigenvalue weighted by Gasteiger charge is 2.37. The van der Waals surface area contributed by atoms with Crippen molar-refractivity contribution in [1.29, 1.82) is 0 Å². The molecule has 1 rings (SSSR count). The van der Waals surface area contributed by atoms with Crippen LogP contribution in [0.3, 0.4) is 0 Å². The monoisotopic (exact) mass is 841 g/mol. The molecule has 0 radical (unpaired) electrons. The Morgan fingerprint density at radius 2 is 1.12 bits per heavy atom. The predicted molar refractivity (Wildman–Crippen MR) is 232 cm³/mol. The Morgan fingerprint density at radius 3 is 1.76 bits per heavy atom. The number of allylic oxidation sites excluding steroid dienone is 7. The normalized spacial score (nSPS) is 17.7. The SMILES string of the molecule is CCCCC/C=C\C/C=C\C/C=C\CC1OC1CCCC(=O)O[C@H](COC(=O)CCCCCCCCC/C=C\CCCCCCCC)COP(=O)(O)OC[C@@H](O)CO. The van der Waals surface area contributed by atoms with Crippen LogP contribution in [-0.4, -0.2) is 77.9 Å². The molecule has 1 aliphatic rings. The molecule has 1 fully saturated rings. The lowest BCUT2D eigenvalue weighted by atomic mass is 10.1. The van der Waals surface area contributed by atoms with E-state index in [1.54, 1.807) is 0 Å². The van der Waals surface area contributed by atoms with Gasteiger partial charge in [0.15, 0.2) is 6.10 Å². The maximum absolute atomic E-state index is 12.7. The summed E-state index contributed by atoms with van der Waals surface area (Å²) in [7, 11) is -4.65. The lowest BCUT2D eigenvalue weighted by Gasteiger charge is -2.20. The summed E-state index contributed by atoms with van der Waals surface area (Å²) >= 11 is 0. The van der Waals surface area contributed by atoms with Crippen molar-refractivity contribution in [3.63, 3.8) is 0 Å². The molecule has 336 valence electrons. The minimum Gasteiger partial charge on any atom is -0.462 e. The second kappa shape index (κ2) is 37.9. The van der Waals surface area contributed by atoms with E-state index in [2.05, 4.69) is 62.5 Å². The molecular formula is C46H81O11P. The number of hydrogen-bond donors (Lipinski definition) is 3. The van der Waals surface area contributed by atoms with Gasteiger partial charge in [0.2, 0.25) is 0 Å². The number of hydrogen-bond acceptors (Lipinski definition) is 10. The molecule has 11 nitrogen and oxygen atoms in total. The number of ether oxygens (including phenoxy) is 3. The third kappa shape index (κ3) is 34.7. The van der Waals surface area contributed by atoms with Crippen LogP contribution in [0.4, 0.5) is 0 Å². The van der Waals surface area contributed by atoms with E-state index in [1.165, 1.54) is 83.5 Å². The summed E-state index contributed by atoms with van der Waals surface area (Å²) in [6.45, 7) is 2.26. The van der Waals surface area contributed by atoms with Crippen molar-refractivity contribution in [3.05, 3.63) is 48.6 Å². The topological polar surface area (TPSA) is 161 Å². The average molecular weight is 841 g/mol. The first-order valence-corrected chi connectivity index (χ1v) is 24.2. The van der Waals surface area contributed by atoms with Crippen LogP contribution in [0.25, 0.3) is 0 Å². The first-order chi connectivity index (χ1) is 28.2. The van der Waals surface area contributed by atoms with E-state index >= 15 is 0 Å².